The summed E-state index contributed by atoms with van der Waals surface area (Å²) >= 11 is 0. The number of primary amides is 1. The smallest absolute Gasteiger partial charge is 0.237 e. The van der Waals surface area contributed by atoms with Crippen LogP contribution in [0.25, 0.3) is 0 Å². The molecule has 5 N–H and O–H groups in total. The van der Waals surface area contributed by atoms with Crippen molar-refractivity contribution in [2.45, 2.75) is 26.2 Å². The Morgan fingerprint density at radius 1 is 1.41 bits per heavy atom. The summed E-state index contributed by atoms with van der Waals surface area (Å²) in [6, 6.07) is 0. The highest BCUT2D eigenvalue weighted by Gasteiger charge is 2.50. The molecule has 17 heavy (non-hydrogen) atoms. The molecule has 0 spiro atoms. The van der Waals surface area contributed by atoms with E-state index in [4.69, 9.17) is 16.7 Å². The predicted molar refractivity (Wildman–Crippen MR) is 61.1 cm³/mol. The number of hydrogen-bond acceptors (Lipinski definition) is 4. The van der Waals surface area contributed by atoms with E-state index in [1.54, 1.807) is 6.92 Å². The second kappa shape index (κ2) is 5.03. The highest BCUT2D eigenvalue weighted by molar-refractivity contribution is 6.08. The molecule has 0 unspecified atom stereocenters. The topological polar surface area (TPSA) is 122 Å². The molecule has 0 atom stereocenters. The zero-order valence-electron chi connectivity index (χ0n) is 9.85. The van der Waals surface area contributed by atoms with E-state index in [0.717, 1.165) is 6.42 Å². The lowest BCUT2D eigenvalue weighted by atomic mass is 9.67. The molecule has 1 aliphatic carbocycles. The van der Waals surface area contributed by atoms with Gasteiger partial charge in [0.05, 0.1) is 6.54 Å². The molecule has 7 nitrogen and oxygen atoms in total. The van der Waals surface area contributed by atoms with Gasteiger partial charge in [-0.2, -0.15) is 0 Å². The molecule has 0 aliphatic heterocycles. The van der Waals surface area contributed by atoms with Gasteiger partial charge in [0.15, 0.2) is 5.84 Å². The van der Waals surface area contributed by atoms with Gasteiger partial charge < -0.3 is 21.6 Å². The summed E-state index contributed by atoms with van der Waals surface area (Å²) in [5.41, 5.74) is 9.70. The van der Waals surface area contributed by atoms with Gasteiger partial charge in [-0.15, -0.1) is 0 Å². The summed E-state index contributed by atoms with van der Waals surface area (Å²) in [6.07, 6.45) is 1.92. The maximum atomic E-state index is 12.3. The zero-order valence-corrected chi connectivity index (χ0v) is 9.85. The van der Waals surface area contributed by atoms with E-state index < -0.39 is 11.3 Å². The summed E-state index contributed by atoms with van der Waals surface area (Å²) < 4.78 is 0. The first-order valence-corrected chi connectivity index (χ1v) is 5.53. The van der Waals surface area contributed by atoms with Gasteiger partial charge in [0.2, 0.25) is 11.8 Å². The maximum Gasteiger partial charge on any atom is 0.237 e. The molecule has 7 heteroatoms. The Hall–Kier alpha value is -1.79. The summed E-state index contributed by atoms with van der Waals surface area (Å²) in [6.45, 7) is 1.97. The predicted octanol–water partition coefficient (Wildman–Crippen LogP) is -0.763. The third kappa shape index (κ3) is 2.32. The normalized spacial score (nSPS) is 18.3. The van der Waals surface area contributed by atoms with Crippen LogP contribution in [0.1, 0.15) is 26.2 Å². The first kappa shape index (κ1) is 13.3. The van der Waals surface area contributed by atoms with Crippen molar-refractivity contribution < 1.29 is 14.8 Å². The van der Waals surface area contributed by atoms with Crippen LogP contribution in [0.2, 0.25) is 0 Å². The van der Waals surface area contributed by atoms with Gasteiger partial charge in [-0.1, -0.05) is 11.6 Å². The molecule has 0 aromatic heterocycles. The minimum Gasteiger partial charge on any atom is -0.409 e. The molecule has 0 bridgehead atoms. The van der Waals surface area contributed by atoms with Gasteiger partial charge in [-0.05, 0) is 19.8 Å². The van der Waals surface area contributed by atoms with E-state index in [2.05, 4.69) is 5.16 Å². The number of nitrogens with zero attached hydrogens (tertiary/aromatic N) is 2. The van der Waals surface area contributed by atoms with E-state index >= 15 is 0 Å². The summed E-state index contributed by atoms with van der Waals surface area (Å²) in [5.74, 6) is -0.953. The molecule has 0 radical (unpaired) electrons. The van der Waals surface area contributed by atoms with Crippen LogP contribution in [-0.2, 0) is 9.59 Å². The number of nitrogens with two attached hydrogens (primary N) is 2. The lowest BCUT2D eigenvalue weighted by Crippen LogP contribution is -2.56. The standard InChI is InChI=1S/C10H18N4O3/c1-2-14(6-7(11)15)9(16)10(4-3-5-10)8(12)13-17/h17H,2-6H2,1H3,(H2,11,15)(H2,12,13). The lowest BCUT2D eigenvalue weighted by molar-refractivity contribution is -0.144. The number of amides is 2. The van der Waals surface area contributed by atoms with Crippen LogP contribution in [0, 0.1) is 5.41 Å². The summed E-state index contributed by atoms with van der Waals surface area (Å²) in [5, 5.41) is 11.7. The van der Waals surface area contributed by atoms with Crippen LogP contribution in [0.3, 0.4) is 0 Å². The molecular weight excluding hydrogens is 224 g/mol. The molecule has 0 aromatic carbocycles. The van der Waals surface area contributed by atoms with E-state index in [0.29, 0.717) is 19.4 Å². The van der Waals surface area contributed by atoms with Gasteiger partial charge in [-0.25, -0.2) is 0 Å². The van der Waals surface area contributed by atoms with Crippen molar-refractivity contribution in [1.82, 2.24) is 4.90 Å². The molecule has 2 amide bonds. The Labute approximate surface area is 99.4 Å². The van der Waals surface area contributed by atoms with Crippen molar-refractivity contribution in [3.05, 3.63) is 0 Å². The molecule has 96 valence electrons. The molecule has 0 saturated heterocycles. The fraction of sp³-hybridized carbons (Fsp3) is 0.700. The van der Waals surface area contributed by atoms with E-state index in [1.807, 2.05) is 0 Å². The fourth-order valence-electron chi connectivity index (χ4n) is 2.02. The van der Waals surface area contributed by atoms with Gasteiger partial charge in [0.25, 0.3) is 0 Å². The third-order valence-electron chi connectivity index (χ3n) is 3.23. The van der Waals surface area contributed by atoms with Crippen LogP contribution >= 0.6 is 0 Å². The second-order valence-electron chi connectivity index (χ2n) is 4.21. The van der Waals surface area contributed by atoms with Crippen LogP contribution < -0.4 is 11.5 Å². The van der Waals surface area contributed by atoms with Crippen molar-refractivity contribution >= 4 is 17.6 Å². The second-order valence-corrected chi connectivity index (χ2v) is 4.21. The van der Waals surface area contributed by atoms with Crippen molar-refractivity contribution in [2.24, 2.45) is 22.0 Å². The monoisotopic (exact) mass is 242 g/mol. The van der Waals surface area contributed by atoms with Gasteiger partial charge in [0, 0.05) is 6.54 Å². The Morgan fingerprint density at radius 3 is 2.29 bits per heavy atom. The fourth-order valence-corrected chi connectivity index (χ4v) is 2.02. The van der Waals surface area contributed by atoms with Gasteiger partial charge >= 0.3 is 0 Å². The number of likely N-dealkylation sites (N-methyl/N-ethyl adjacent to an activating group) is 1. The molecule has 0 heterocycles. The number of oxime groups is 1. The third-order valence-corrected chi connectivity index (χ3v) is 3.23. The van der Waals surface area contributed by atoms with E-state index in [9.17, 15) is 9.59 Å². The van der Waals surface area contributed by atoms with E-state index in [-0.39, 0.29) is 18.3 Å². The molecule has 1 fully saturated rings. The minimum absolute atomic E-state index is 0.0864. The van der Waals surface area contributed by atoms with E-state index in [1.165, 1.54) is 4.90 Å². The number of carbonyl (C=O) groups is 2. The lowest BCUT2D eigenvalue weighted by Gasteiger charge is -2.41. The van der Waals surface area contributed by atoms with Crippen molar-refractivity contribution in [2.75, 3.05) is 13.1 Å². The van der Waals surface area contributed by atoms with Crippen LogP contribution in [0.15, 0.2) is 5.16 Å². The molecular formula is C10H18N4O3. The number of amidine groups is 1. The Kier molecular flexibility index (Phi) is 3.93. The minimum atomic E-state index is -0.944. The van der Waals surface area contributed by atoms with Crippen molar-refractivity contribution in [1.29, 1.82) is 0 Å². The van der Waals surface area contributed by atoms with Crippen molar-refractivity contribution in [3.63, 3.8) is 0 Å². The highest BCUT2D eigenvalue weighted by Crippen LogP contribution is 2.42. The van der Waals surface area contributed by atoms with Crippen LogP contribution in [0.4, 0.5) is 0 Å². The summed E-state index contributed by atoms with van der Waals surface area (Å²) in [7, 11) is 0. The van der Waals surface area contributed by atoms with Crippen LogP contribution in [-0.4, -0.2) is 40.8 Å². The number of carbonyl (C=O) groups excluding carboxylic acids is 2. The van der Waals surface area contributed by atoms with Crippen molar-refractivity contribution in [3.8, 4) is 0 Å². The van der Waals surface area contributed by atoms with Gasteiger partial charge in [-0.3, -0.25) is 9.59 Å². The Morgan fingerprint density at radius 2 is 2.00 bits per heavy atom. The SMILES string of the molecule is CCN(CC(N)=O)C(=O)C1(C(N)=NO)CCC1. The van der Waals surface area contributed by atoms with Gasteiger partial charge in [0.1, 0.15) is 5.41 Å². The molecule has 0 aromatic rings. The molecule has 1 aliphatic rings. The first-order valence-electron chi connectivity index (χ1n) is 5.53. The first-order chi connectivity index (χ1) is 7.97. The quantitative estimate of drug-likeness (QED) is 0.254. The Bertz CT molecular complexity index is 349. The maximum absolute atomic E-state index is 12.3. The largest absolute Gasteiger partial charge is 0.409 e. The highest BCUT2D eigenvalue weighted by atomic mass is 16.4. The average molecular weight is 242 g/mol. The zero-order chi connectivity index (χ0) is 13.1. The molecule has 1 saturated carbocycles. The average Bonchev–Trinajstić information content (AvgIpc) is 2.23. The molecule has 1 rings (SSSR count). The number of hydrogen-bond donors (Lipinski definition) is 3. The Balaban J connectivity index is 2.88. The van der Waals surface area contributed by atoms with Crippen LogP contribution in [0.5, 0.6) is 0 Å². The summed E-state index contributed by atoms with van der Waals surface area (Å²) in [4.78, 5) is 24.5. The number of rotatable bonds is 5.